The van der Waals surface area contributed by atoms with Gasteiger partial charge >= 0.3 is 0 Å². The van der Waals surface area contributed by atoms with Crippen molar-refractivity contribution in [1.29, 1.82) is 5.26 Å². The molecule has 150 valence electrons. The maximum Gasteiger partial charge on any atom is 0.146 e. The molecule has 0 radical (unpaired) electrons. The number of nitriles is 1. The van der Waals surface area contributed by atoms with Gasteiger partial charge in [0, 0.05) is 10.9 Å². The first kappa shape index (κ1) is 20.2. The minimum Gasteiger partial charge on any atom is -0.205 e. The van der Waals surface area contributed by atoms with Gasteiger partial charge in [-0.05, 0) is 78.8 Å². The summed E-state index contributed by atoms with van der Waals surface area (Å²) in [4.78, 5) is 0. The summed E-state index contributed by atoms with van der Waals surface area (Å²) in [6.07, 6.45) is 7.74. The van der Waals surface area contributed by atoms with Crippen molar-refractivity contribution in [3.63, 3.8) is 0 Å². The van der Waals surface area contributed by atoms with E-state index >= 15 is 4.39 Å². The highest BCUT2D eigenvalue weighted by molar-refractivity contribution is 5.85. The summed E-state index contributed by atoms with van der Waals surface area (Å²) in [5.41, 5.74) is 3.10. The van der Waals surface area contributed by atoms with Crippen LogP contribution in [-0.2, 0) is 0 Å². The molecule has 3 aromatic rings. The zero-order valence-electron chi connectivity index (χ0n) is 17.4. The van der Waals surface area contributed by atoms with Crippen LogP contribution >= 0.6 is 0 Å². The molecule has 3 aromatic carbocycles. The van der Waals surface area contributed by atoms with Crippen molar-refractivity contribution in [1.82, 2.24) is 0 Å². The van der Waals surface area contributed by atoms with Crippen molar-refractivity contribution in [2.24, 2.45) is 5.92 Å². The van der Waals surface area contributed by atoms with Gasteiger partial charge in [-0.2, -0.15) is 5.26 Å². The van der Waals surface area contributed by atoms with Gasteiger partial charge in [0.25, 0.3) is 0 Å². The molecule has 0 amide bonds. The highest BCUT2D eigenvalue weighted by Crippen LogP contribution is 2.38. The number of rotatable bonds is 3. The van der Waals surface area contributed by atoms with Gasteiger partial charge in [-0.15, -0.1) is 0 Å². The second-order valence-corrected chi connectivity index (χ2v) is 8.35. The summed E-state index contributed by atoms with van der Waals surface area (Å²) < 4.78 is 15.1. The van der Waals surface area contributed by atoms with Crippen molar-refractivity contribution in [2.75, 3.05) is 0 Å². The molecule has 0 spiro atoms. The Morgan fingerprint density at radius 3 is 2.33 bits per heavy atom. The molecule has 4 rings (SSSR count). The maximum absolute atomic E-state index is 15.1. The van der Waals surface area contributed by atoms with Crippen molar-refractivity contribution < 1.29 is 4.39 Å². The lowest BCUT2D eigenvalue weighted by Crippen LogP contribution is -2.13. The predicted octanol–water partition coefficient (Wildman–Crippen LogP) is 7.32. The number of benzene rings is 3. The van der Waals surface area contributed by atoms with Crippen LogP contribution in [0, 0.1) is 34.9 Å². The van der Waals surface area contributed by atoms with E-state index in [9.17, 15) is 0 Å². The highest BCUT2D eigenvalue weighted by Gasteiger charge is 2.22. The normalized spacial score (nSPS) is 18.4. The SMILES string of the molecule is CCCC1CCC(c2ccc3c(F)c(C#Cc4ccc(C#N)cc4)ccc3c2)CC1. The van der Waals surface area contributed by atoms with Crippen LogP contribution in [-0.4, -0.2) is 0 Å². The largest absolute Gasteiger partial charge is 0.205 e. The number of halogens is 1. The Kier molecular flexibility index (Phi) is 6.15. The lowest BCUT2D eigenvalue weighted by Gasteiger charge is -2.28. The number of hydrogen-bond donors (Lipinski definition) is 0. The molecule has 0 saturated heterocycles. The van der Waals surface area contributed by atoms with E-state index < -0.39 is 0 Å². The van der Waals surface area contributed by atoms with Crippen LogP contribution in [0.4, 0.5) is 4.39 Å². The van der Waals surface area contributed by atoms with Crippen LogP contribution in [0.15, 0.2) is 54.6 Å². The van der Waals surface area contributed by atoms with Crippen molar-refractivity contribution >= 4 is 10.8 Å². The molecule has 30 heavy (non-hydrogen) atoms. The van der Waals surface area contributed by atoms with E-state index in [-0.39, 0.29) is 5.82 Å². The molecule has 1 fully saturated rings. The van der Waals surface area contributed by atoms with Gasteiger partial charge in [-0.25, -0.2) is 4.39 Å². The Morgan fingerprint density at radius 1 is 0.900 bits per heavy atom. The van der Waals surface area contributed by atoms with Gasteiger partial charge < -0.3 is 0 Å². The Hall–Kier alpha value is -3.10. The molecule has 1 nitrogen and oxygen atoms in total. The van der Waals surface area contributed by atoms with E-state index in [1.54, 1.807) is 30.3 Å². The van der Waals surface area contributed by atoms with Crippen LogP contribution < -0.4 is 0 Å². The maximum atomic E-state index is 15.1. The zero-order chi connectivity index (χ0) is 20.9. The molecule has 1 aliphatic rings. The third-order valence-corrected chi connectivity index (χ3v) is 6.35. The van der Waals surface area contributed by atoms with E-state index in [0.29, 0.717) is 22.4 Å². The number of hydrogen-bond acceptors (Lipinski definition) is 1. The van der Waals surface area contributed by atoms with Gasteiger partial charge in [0.05, 0.1) is 17.2 Å². The molecule has 0 atom stereocenters. The zero-order valence-corrected chi connectivity index (χ0v) is 17.4. The minimum atomic E-state index is -0.258. The molecule has 0 N–H and O–H groups in total. The second-order valence-electron chi connectivity index (χ2n) is 8.35. The van der Waals surface area contributed by atoms with Crippen LogP contribution in [0.2, 0.25) is 0 Å². The summed E-state index contributed by atoms with van der Waals surface area (Å²) >= 11 is 0. The molecule has 0 aliphatic heterocycles. The number of fused-ring (bicyclic) bond motifs is 1. The van der Waals surface area contributed by atoms with Gasteiger partial charge in [-0.1, -0.05) is 55.9 Å². The molecule has 0 heterocycles. The van der Waals surface area contributed by atoms with E-state index in [1.165, 1.54) is 44.1 Å². The first-order valence-corrected chi connectivity index (χ1v) is 10.9. The minimum absolute atomic E-state index is 0.258. The van der Waals surface area contributed by atoms with E-state index in [2.05, 4.69) is 37.0 Å². The summed E-state index contributed by atoms with van der Waals surface area (Å²) in [7, 11) is 0. The van der Waals surface area contributed by atoms with Crippen LogP contribution in [0.3, 0.4) is 0 Å². The van der Waals surface area contributed by atoms with E-state index in [0.717, 1.165) is 16.9 Å². The predicted molar refractivity (Wildman–Crippen MR) is 121 cm³/mol. The number of nitrogens with zero attached hydrogens (tertiary/aromatic N) is 1. The van der Waals surface area contributed by atoms with Gasteiger partial charge in [0.2, 0.25) is 0 Å². The average molecular weight is 396 g/mol. The fraction of sp³-hybridized carbons (Fsp3) is 0.321. The van der Waals surface area contributed by atoms with Crippen molar-refractivity contribution in [3.05, 3.63) is 82.7 Å². The molecular formula is C28H26FN. The van der Waals surface area contributed by atoms with Crippen LogP contribution in [0.5, 0.6) is 0 Å². The molecule has 0 aromatic heterocycles. The monoisotopic (exact) mass is 395 g/mol. The molecule has 2 heteroatoms. The topological polar surface area (TPSA) is 23.8 Å². The lowest BCUT2D eigenvalue weighted by molar-refractivity contribution is 0.308. The fourth-order valence-electron chi connectivity index (χ4n) is 4.62. The molecule has 0 bridgehead atoms. The molecule has 1 saturated carbocycles. The van der Waals surface area contributed by atoms with E-state index in [4.69, 9.17) is 5.26 Å². The summed E-state index contributed by atoms with van der Waals surface area (Å²) in [6, 6.07) is 19.0. The summed E-state index contributed by atoms with van der Waals surface area (Å²) in [5, 5.41) is 10.5. The fourth-order valence-corrected chi connectivity index (χ4v) is 4.62. The molecule has 1 aliphatic carbocycles. The first-order valence-electron chi connectivity index (χ1n) is 10.9. The Bertz CT molecular complexity index is 1130. The second kappa shape index (κ2) is 9.15. The Morgan fingerprint density at radius 2 is 1.63 bits per heavy atom. The standard InChI is InChI=1S/C28H26FN/c1-2-3-20-8-11-23(12-9-20)25-16-17-27-26(18-25)15-14-24(28(27)29)13-10-21-4-6-22(19-30)7-5-21/h4-7,14-18,20,23H,2-3,8-9,11-12H2,1H3. The van der Waals surface area contributed by atoms with Gasteiger partial charge in [0.15, 0.2) is 0 Å². The van der Waals surface area contributed by atoms with E-state index in [1.807, 2.05) is 12.1 Å². The quantitative estimate of drug-likeness (QED) is 0.426. The van der Waals surface area contributed by atoms with Crippen LogP contribution in [0.25, 0.3) is 10.8 Å². The van der Waals surface area contributed by atoms with Crippen molar-refractivity contribution in [2.45, 2.75) is 51.4 Å². The Balaban J connectivity index is 1.55. The third kappa shape index (κ3) is 4.39. The summed E-state index contributed by atoms with van der Waals surface area (Å²) in [5.74, 6) is 7.17. The van der Waals surface area contributed by atoms with Gasteiger partial charge in [0.1, 0.15) is 5.82 Å². The Labute approximate surface area is 178 Å². The van der Waals surface area contributed by atoms with Crippen molar-refractivity contribution in [3.8, 4) is 17.9 Å². The first-order chi connectivity index (χ1) is 14.7. The highest BCUT2D eigenvalue weighted by atomic mass is 19.1. The molecule has 0 unspecified atom stereocenters. The average Bonchev–Trinajstić information content (AvgIpc) is 2.79. The lowest BCUT2D eigenvalue weighted by atomic mass is 9.77. The van der Waals surface area contributed by atoms with Crippen LogP contribution in [0.1, 0.15) is 73.6 Å². The van der Waals surface area contributed by atoms with Gasteiger partial charge in [-0.3, -0.25) is 0 Å². The summed E-state index contributed by atoms with van der Waals surface area (Å²) in [6.45, 7) is 2.27. The smallest absolute Gasteiger partial charge is 0.146 e. The molecular weight excluding hydrogens is 369 g/mol. The third-order valence-electron chi connectivity index (χ3n) is 6.35.